The number of nitrogens with zero attached hydrogens (tertiary/aromatic N) is 6. The van der Waals surface area contributed by atoms with E-state index in [2.05, 4.69) is 27.4 Å². The number of hydrogen-bond acceptors (Lipinski definition) is 8. The first kappa shape index (κ1) is 38.2. The van der Waals surface area contributed by atoms with Gasteiger partial charge in [0, 0.05) is 42.6 Å². The summed E-state index contributed by atoms with van der Waals surface area (Å²) in [5.74, 6) is -3.79. The molecule has 2 saturated carbocycles. The number of pyridine rings is 2. The molecule has 0 bridgehead atoms. The van der Waals surface area contributed by atoms with E-state index in [0.717, 1.165) is 43.4 Å². The number of likely N-dealkylation sites (tertiary alicyclic amines) is 1. The Morgan fingerprint density at radius 2 is 1.72 bits per heavy atom. The maximum Gasteiger partial charge on any atom is 0.261 e. The number of rotatable bonds is 9. The number of ether oxygens (including phenoxy) is 1. The molecular weight excluding hydrogens is 764 g/mol. The Balaban J connectivity index is 1.11. The lowest BCUT2D eigenvalue weighted by molar-refractivity contribution is -0.128. The number of hydrogen-bond donors (Lipinski definition) is 2. The molecule has 302 valence electrons. The zero-order chi connectivity index (χ0) is 40.0. The Bertz CT molecular complexity index is 2280. The van der Waals surface area contributed by atoms with Crippen molar-refractivity contribution in [3.8, 4) is 11.3 Å². The molecule has 0 atom stereocenters. The highest BCUT2D eigenvalue weighted by atomic mass is 35.5. The van der Waals surface area contributed by atoms with Gasteiger partial charge in [0.1, 0.15) is 11.1 Å². The van der Waals surface area contributed by atoms with Crippen molar-refractivity contribution in [3.05, 3.63) is 58.6 Å². The summed E-state index contributed by atoms with van der Waals surface area (Å²) >= 11 is 6.10. The topological polar surface area (TPSA) is 118 Å². The van der Waals surface area contributed by atoms with Crippen LogP contribution in [0.3, 0.4) is 0 Å². The number of alkyl halides is 2. The Labute approximate surface area is 332 Å². The first-order valence-corrected chi connectivity index (χ1v) is 20.2. The van der Waals surface area contributed by atoms with Crippen LogP contribution < -0.4 is 15.5 Å². The average molecular weight is 809 g/mol. The van der Waals surface area contributed by atoms with Crippen molar-refractivity contribution in [2.24, 2.45) is 0 Å². The van der Waals surface area contributed by atoms with Crippen molar-refractivity contribution in [2.45, 2.75) is 114 Å². The van der Waals surface area contributed by atoms with Gasteiger partial charge in [-0.1, -0.05) is 18.0 Å². The summed E-state index contributed by atoms with van der Waals surface area (Å²) in [4.78, 5) is 46.9. The van der Waals surface area contributed by atoms with Gasteiger partial charge in [0.2, 0.25) is 5.91 Å². The fourth-order valence-electron chi connectivity index (χ4n) is 9.45. The zero-order valence-electron chi connectivity index (χ0n) is 32.1. The second-order valence-electron chi connectivity index (χ2n) is 17.0. The number of halogens is 5. The van der Waals surface area contributed by atoms with Gasteiger partial charge in [-0.05, 0) is 103 Å². The molecule has 3 aromatic heterocycles. The lowest BCUT2D eigenvalue weighted by Gasteiger charge is -2.56. The molecular formula is C41H45ClF4N8O3. The first-order chi connectivity index (χ1) is 27.2. The molecule has 4 fully saturated rings. The van der Waals surface area contributed by atoms with Gasteiger partial charge in [-0.2, -0.15) is 0 Å². The molecule has 2 N–H and O–H groups in total. The Kier molecular flexibility index (Phi) is 9.31. The van der Waals surface area contributed by atoms with Gasteiger partial charge in [-0.15, -0.1) is 0 Å². The van der Waals surface area contributed by atoms with Crippen molar-refractivity contribution in [2.75, 3.05) is 36.5 Å². The number of amides is 2. The summed E-state index contributed by atoms with van der Waals surface area (Å²) in [5.41, 5.74) is -0.0388. The van der Waals surface area contributed by atoms with Crippen LogP contribution in [0.5, 0.6) is 0 Å². The number of fused-ring (bicyclic) bond motifs is 3. The summed E-state index contributed by atoms with van der Waals surface area (Å²) in [6, 6.07) is 4.61. The Hall–Kier alpha value is -4.34. The quantitative estimate of drug-likeness (QED) is 0.129. The third-order valence-corrected chi connectivity index (χ3v) is 13.4. The van der Waals surface area contributed by atoms with Gasteiger partial charge >= 0.3 is 0 Å². The van der Waals surface area contributed by atoms with Crippen molar-refractivity contribution in [1.82, 2.24) is 29.7 Å². The predicted octanol–water partition coefficient (Wildman–Crippen LogP) is 8.08. The predicted molar refractivity (Wildman–Crippen MR) is 207 cm³/mol. The molecule has 1 spiro atoms. The van der Waals surface area contributed by atoms with E-state index in [0.29, 0.717) is 48.3 Å². The van der Waals surface area contributed by atoms with Crippen LogP contribution in [0.1, 0.15) is 101 Å². The van der Waals surface area contributed by atoms with Crippen LogP contribution in [-0.2, 0) is 14.9 Å². The summed E-state index contributed by atoms with van der Waals surface area (Å²) < 4.78 is 66.0. The van der Waals surface area contributed by atoms with Gasteiger partial charge in [-0.3, -0.25) is 19.5 Å². The number of carbonyl (C=O) groups excluding carboxylic acids is 2. The minimum atomic E-state index is -2.84. The lowest BCUT2D eigenvalue weighted by atomic mass is 9.71. The molecule has 2 aliphatic carbocycles. The van der Waals surface area contributed by atoms with Gasteiger partial charge in [0.25, 0.3) is 12.3 Å². The van der Waals surface area contributed by atoms with Crippen LogP contribution in [-0.4, -0.2) is 86.1 Å². The SMILES string of the molecule is CC(C)n1cnc2cc(-c3cnc4c(c3)N([C@H]3C[C@@](C)(N5CCCCC5)C3)C(=O)C43CCOCC3)nc(Nc3cc(C(=O)NC4(C(F)F)CC4)c(Cl)c(F)c3F)c21. The van der Waals surface area contributed by atoms with E-state index in [-0.39, 0.29) is 42.2 Å². The maximum absolute atomic E-state index is 15.7. The largest absolute Gasteiger partial charge is 0.381 e. The Morgan fingerprint density at radius 1 is 1.00 bits per heavy atom. The fraction of sp³-hybridized carbons (Fsp3) is 0.537. The molecule has 9 rings (SSSR count). The van der Waals surface area contributed by atoms with Crippen molar-refractivity contribution in [1.29, 1.82) is 0 Å². The molecule has 6 heterocycles. The summed E-state index contributed by atoms with van der Waals surface area (Å²) in [6.07, 6.45) is 6.96. The van der Waals surface area contributed by atoms with E-state index in [1.54, 1.807) is 18.6 Å². The number of benzene rings is 1. The van der Waals surface area contributed by atoms with Crippen molar-refractivity contribution in [3.63, 3.8) is 0 Å². The molecule has 0 unspecified atom stereocenters. The highest BCUT2D eigenvalue weighted by Crippen LogP contribution is 2.53. The van der Waals surface area contributed by atoms with E-state index >= 15 is 8.78 Å². The van der Waals surface area contributed by atoms with Crippen LogP contribution in [0, 0.1) is 11.6 Å². The van der Waals surface area contributed by atoms with E-state index in [1.807, 2.05) is 29.4 Å². The lowest BCUT2D eigenvalue weighted by Crippen LogP contribution is -2.64. The molecule has 3 aliphatic heterocycles. The van der Waals surface area contributed by atoms with E-state index in [9.17, 15) is 18.4 Å². The highest BCUT2D eigenvalue weighted by Gasteiger charge is 2.58. The number of anilines is 3. The van der Waals surface area contributed by atoms with Gasteiger partial charge < -0.3 is 24.8 Å². The molecule has 57 heavy (non-hydrogen) atoms. The molecule has 2 saturated heterocycles. The number of nitrogens with one attached hydrogen (secondary N) is 2. The second kappa shape index (κ2) is 13.9. The summed E-state index contributed by atoms with van der Waals surface area (Å²) in [5, 5.41) is 4.32. The van der Waals surface area contributed by atoms with E-state index in [4.69, 9.17) is 26.3 Å². The molecule has 0 radical (unpaired) electrons. The minimum absolute atomic E-state index is 0.00140. The zero-order valence-corrected chi connectivity index (χ0v) is 32.9. The molecule has 5 aliphatic rings. The second-order valence-corrected chi connectivity index (χ2v) is 17.4. The van der Waals surface area contributed by atoms with Crippen LogP contribution in [0.15, 0.2) is 30.7 Å². The smallest absolute Gasteiger partial charge is 0.261 e. The third kappa shape index (κ3) is 6.17. The summed E-state index contributed by atoms with van der Waals surface area (Å²) in [7, 11) is 0. The molecule has 4 aromatic rings. The van der Waals surface area contributed by atoms with Crippen LogP contribution in [0.2, 0.25) is 5.02 Å². The van der Waals surface area contributed by atoms with Crippen LogP contribution >= 0.6 is 11.6 Å². The standard InChI is InChI=1S/C41H45ClF4N8O3/c1-22(2)53-21-48-28-17-26(49-35(33(28)53)50-27-16-25(30(42)32(44)31(27)43)36(55)51-41(7-8-41)37(45)46)23-15-29-34(47-20-23)40(9-13-57-14-10-40)38(56)54(29)24-18-39(3,19-24)52-11-5-4-6-12-52/h15-17,20-22,24,37H,4-14,18-19H2,1-3H3,(H,49,50)(H,51,55)/t24-,39+. The number of carbonyl (C=O) groups is 2. The van der Waals surface area contributed by atoms with Gasteiger partial charge in [0.05, 0.1) is 50.6 Å². The molecule has 16 heteroatoms. The monoisotopic (exact) mass is 808 g/mol. The average Bonchev–Trinajstić information content (AvgIpc) is 3.79. The number of piperidine rings is 1. The summed E-state index contributed by atoms with van der Waals surface area (Å²) in [6.45, 7) is 9.22. The highest BCUT2D eigenvalue weighted by molar-refractivity contribution is 6.34. The molecule has 2 amide bonds. The molecule has 1 aromatic carbocycles. The van der Waals surface area contributed by atoms with E-state index < -0.39 is 51.2 Å². The maximum atomic E-state index is 15.7. The fourth-order valence-corrected chi connectivity index (χ4v) is 9.67. The number of aromatic nitrogens is 4. The normalized spacial score (nSPS) is 24.0. The molecule has 11 nitrogen and oxygen atoms in total. The van der Waals surface area contributed by atoms with Crippen LogP contribution in [0.25, 0.3) is 22.3 Å². The number of imidazole rings is 1. The minimum Gasteiger partial charge on any atom is -0.381 e. The van der Waals surface area contributed by atoms with Gasteiger partial charge in [-0.25, -0.2) is 27.5 Å². The first-order valence-electron chi connectivity index (χ1n) is 19.9. The van der Waals surface area contributed by atoms with Crippen molar-refractivity contribution >= 4 is 51.6 Å². The Morgan fingerprint density at radius 3 is 2.39 bits per heavy atom. The van der Waals surface area contributed by atoms with Gasteiger partial charge in [0.15, 0.2) is 17.5 Å². The van der Waals surface area contributed by atoms with E-state index in [1.165, 1.54) is 19.3 Å². The van der Waals surface area contributed by atoms with Crippen LogP contribution in [0.4, 0.5) is 34.8 Å². The third-order valence-electron chi connectivity index (χ3n) is 13.0. The van der Waals surface area contributed by atoms with Crippen molar-refractivity contribution < 1.29 is 31.9 Å².